The van der Waals surface area contributed by atoms with Gasteiger partial charge in [0.2, 0.25) is 10.0 Å². The van der Waals surface area contributed by atoms with Crippen LogP contribution in [-0.2, 0) is 10.0 Å². The van der Waals surface area contributed by atoms with E-state index in [1.54, 1.807) is 0 Å². The van der Waals surface area contributed by atoms with E-state index in [9.17, 15) is 8.42 Å². The lowest BCUT2D eigenvalue weighted by Crippen LogP contribution is -2.37. The lowest BCUT2D eigenvalue weighted by molar-refractivity contribution is 0.154. The molecule has 0 fully saturated rings. The minimum atomic E-state index is -3.60. The molecule has 4 nitrogen and oxygen atoms in total. The smallest absolute Gasteiger partial charge is 0.209 e. The highest BCUT2D eigenvalue weighted by Crippen LogP contribution is 2.38. The zero-order valence-corrected chi connectivity index (χ0v) is 14.9. The summed E-state index contributed by atoms with van der Waals surface area (Å²) >= 11 is 17.9. The fourth-order valence-corrected chi connectivity index (χ4v) is 4.29. The number of sulfonamides is 1. The Morgan fingerprint density at radius 3 is 2.00 bits per heavy atom. The summed E-state index contributed by atoms with van der Waals surface area (Å²) in [6.07, 6.45) is 1.20. The van der Waals surface area contributed by atoms with Crippen molar-refractivity contribution in [2.45, 2.75) is 26.7 Å². The second-order valence-electron chi connectivity index (χ2n) is 5.00. The van der Waals surface area contributed by atoms with Gasteiger partial charge in [0.1, 0.15) is 0 Å². The van der Waals surface area contributed by atoms with Gasteiger partial charge >= 0.3 is 0 Å². The predicted octanol–water partition coefficient (Wildman–Crippen LogP) is 4.12. The van der Waals surface area contributed by atoms with Crippen LogP contribution in [0.25, 0.3) is 0 Å². The minimum absolute atomic E-state index is 0.150. The van der Waals surface area contributed by atoms with Gasteiger partial charge in [-0.05, 0) is 25.0 Å². The van der Waals surface area contributed by atoms with Gasteiger partial charge in [-0.2, -0.15) is 0 Å². The number of ether oxygens (including phenoxy) is 1. The maximum Gasteiger partial charge on any atom is 0.209 e. The first-order chi connectivity index (χ1) is 9.62. The summed E-state index contributed by atoms with van der Waals surface area (Å²) in [6, 6.07) is 3.03. The number of primary sulfonamides is 1. The second-order valence-corrected chi connectivity index (χ2v) is 7.87. The van der Waals surface area contributed by atoms with Crippen molar-refractivity contribution >= 4 is 44.8 Å². The van der Waals surface area contributed by atoms with Crippen molar-refractivity contribution in [2.24, 2.45) is 10.6 Å². The Labute approximate surface area is 140 Å². The van der Waals surface area contributed by atoms with Gasteiger partial charge in [0.25, 0.3) is 0 Å². The number of nitrogens with two attached hydrogens (primary N) is 1. The van der Waals surface area contributed by atoms with Gasteiger partial charge in [-0.1, -0.05) is 48.7 Å². The molecule has 0 saturated carbocycles. The molecule has 0 bridgehead atoms. The maximum absolute atomic E-state index is 11.4. The van der Waals surface area contributed by atoms with Crippen LogP contribution in [0, 0.1) is 5.41 Å². The van der Waals surface area contributed by atoms with E-state index < -0.39 is 15.4 Å². The van der Waals surface area contributed by atoms with Crippen LogP contribution in [0.5, 0.6) is 5.75 Å². The maximum atomic E-state index is 11.4. The summed E-state index contributed by atoms with van der Waals surface area (Å²) in [7, 11) is -3.60. The molecule has 21 heavy (non-hydrogen) atoms. The third kappa shape index (κ3) is 5.49. The number of benzene rings is 1. The van der Waals surface area contributed by atoms with Crippen molar-refractivity contribution in [3.8, 4) is 5.75 Å². The third-order valence-corrected chi connectivity index (χ3v) is 5.29. The van der Waals surface area contributed by atoms with Crippen molar-refractivity contribution in [1.82, 2.24) is 0 Å². The molecule has 120 valence electrons. The van der Waals surface area contributed by atoms with Crippen LogP contribution in [0.15, 0.2) is 12.1 Å². The van der Waals surface area contributed by atoms with E-state index in [2.05, 4.69) is 0 Å². The molecule has 0 aliphatic rings. The first-order valence-corrected chi connectivity index (χ1v) is 9.25. The van der Waals surface area contributed by atoms with Crippen molar-refractivity contribution in [3.05, 3.63) is 27.2 Å². The van der Waals surface area contributed by atoms with E-state index in [1.807, 2.05) is 13.8 Å². The lowest BCUT2D eigenvalue weighted by atomic mass is 9.85. The molecule has 0 aromatic heterocycles. The summed E-state index contributed by atoms with van der Waals surface area (Å²) in [6.45, 7) is 3.93. The molecule has 2 N–H and O–H groups in total. The molecule has 0 aliphatic heterocycles. The topological polar surface area (TPSA) is 69.4 Å². The Bertz CT molecular complexity index is 578. The molecule has 1 rings (SSSR count). The Kier molecular flexibility index (Phi) is 6.62. The molecule has 1 aromatic rings. The van der Waals surface area contributed by atoms with E-state index in [-0.39, 0.29) is 22.4 Å². The van der Waals surface area contributed by atoms with Crippen molar-refractivity contribution in [1.29, 1.82) is 0 Å². The highest BCUT2D eigenvalue weighted by molar-refractivity contribution is 7.89. The normalized spacial score (nSPS) is 12.5. The quantitative estimate of drug-likeness (QED) is 0.780. The summed E-state index contributed by atoms with van der Waals surface area (Å²) in [5.41, 5.74) is -0.583. The van der Waals surface area contributed by atoms with Gasteiger partial charge in [0.15, 0.2) is 5.75 Å². The summed E-state index contributed by atoms with van der Waals surface area (Å²) in [5.74, 6) is 0.138. The number of rotatable bonds is 7. The molecule has 1 aromatic carbocycles. The standard InChI is InChI=1S/C13H18Cl3NO3S/c1-3-13(4-2,8-21(17,18)19)7-20-12-10(15)5-9(14)6-11(12)16/h5-6H,3-4,7-8H2,1-2H3,(H2,17,18,19). The molecule has 0 atom stereocenters. The average molecular weight is 375 g/mol. The molecule has 0 radical (unpaired) electrons. The van der Waals surface area contributed by atoms with Crippen molar-refractivity contribution in [3.63, 3.8) is 0 Å². The molecule has 0 amide bonds. The van der Waals surface area contributed by atoms with E-state index in [0.717, 1.165) is 0 Å². The van der Waals surface area contributed by atoms with Gasteiger partial charge in [-0.15, -0.1) is 0 Å². The molecule has 0 saturated heterocycles. The monoisotopic (exact) mass is 373 g/mol. The Morgan fingerprint density at radius 1 is 1.14 bits per heavy atom. The molecule has 0 spiro atoms. The Morgan fingerprint density at radius 2 is 1.62 bits per heavy atom. The van der Waals surface area contributed by atoms with Crippen LogP contribution in [0.2, 0.25) is 15.1 Å². The molecular weight excluding hydrogens is 357 g/mol. The van der Waals surface area contributed by atoms with Crippen LogP contribution >= 0.6 is 34.8 Å². The van der Waals surface area contributed by atoms with Gasteiger partial charge < -0.3 is 4.74 Å². The lowest BCUT2D eigenvalue weighted by Gasteiger charge is -2.30. The first-order valence-electron chi connectivity index (χ1n) is 6.40. The molecule has 0 heterocycles. The fraction of sp³-hybridized carbons (Fsp3) is 0.538. The molecule has 8 heteroatoms. The van der Waals surface area contributed by atoms with Crippen LogP contribution in [-0.4, -0.2) is 20.8 Å². The van der Waals surface area contributed by atoms with Gasteiger partial charge in [-0.3, -0.25) is 0 Å². The summed E-state index contributed by atoms with van der Waals surface area (Å²) in [5, 5.41) is 6.13. The highest BCUT2D eigenvalue weighted by Gasteiger charge is 2.32. The fourth-order valence-electron chi connectivity index (χ4n) is 2.02. The van der Waals surface area contributed by atoms with E-state index in [0.29, 0.717) is 23.6 Å². The predicted molar refractivity (Wildman–Crippen MR) is 88.0 cm³/mol. The van der Waals surface area contributed by atoms with Gasteiger partial charge in [0.05, 0.1) is 22.4 Å². The summed E-state index contributed by atoms with van der Waals surface area (Å²) in [4.78, 5) is 0. The zero-order valence-electron chi connectivity index (χ0n) is 11.8. The van der Waals surface area contributed by atoms with Crippen LogP contribution < -0.4 is 9.88 Å². The van der Waals surface area contributed by atoms with E-state index >= 15 is 0 Å². The molecule has 0 aliphatic carbocycles. The SMILES string of the molecule is CCC(CC)(COc1c(Cl)cc(Cl)cc1Cl)CS(N)(=O)=O. The average Bonchev–Trinajstić information content (AvgIpc) is 2.34. The van der Waals surface area contributed by atoms with Crippen LogP contribution in [0.3, 0.4) is 0 Å². The number of halogens is 3. The molecular formula is C13H18Cl3NO3S. The Balaban J connectivity index is 2.98. The zero-order chi connectivity index (χ0) is 16.3. The Hall–Kier alpha value is -0.200. The molecule has 0 unspecified atom stereocenters. The number of hydrogen-bond donors (Lipinski definition) is 1. The van der Waals surface area contributed by atoms with Crippen molar-refractivity contribution in [2.75, 3.05) is 12.4 Å². The van der Waals surface area contributed by atoms with Gasteiger partial charge in [0, 0.05) is 10.4 Å². The third-order valence-electron chi connectivity index (χ3n) is 3.49. The van der Waals surface area contributed by atoms with E-state index in [1.165, 1.54) is 12.1 Å². The highest BCUT2D eigenvalue weighted by atomic mass is 35.5. The van der Waals surface area contributed by atoms with Crippen molar-refractivity contribution < 1.29 is 13.2 Å². The number of hydrogen-bond acceptors (Lipinski definition) is 3. The minimum Gasteiger partial charge on any atom is -0.490 e. The van der Waals surface area contributed by atoms with Crippen LogP contribution in [0.1, 0.15) is 26.7 Å². The van der Waals surface area contributed by atoms with Crippen LogP contribution in [0.4, 0.5) is 0 Å². The second kappa shape index (κ2) is 7.38. The van der Waals surface area contributed by atoms with Gasteiger partial charge in [-0.25, -0.2) is 13.6 Å². The van der Waals surface area contributed by atoms with E-state index in [4.69, 9.17) is 44.7 Å². The largest absolute Gasteiger partial charge is 0.490 e. The summed E-state index contributed by atoms with van der Waals surface area (Å²) < 4.78 is 28.5. The first kappa shape index (κ1) is 18.8.